The number of amides is 1. The van der Waals surface area contributed by atoms with Crippen LogP contribution in [-0.4, -0.2) is 42.9 Å². The van der Waals surface area contributed by atoms with Crippen molar-refractivity contribution in [2.45, 2.75) is 38.1 Å². The van der Waals surface area contributed by atoms with Crippen LogP contribution in [-0.2, 0) is 21.4 Å². The molecule has 7 nitrogen and oxygen atoms in total. The average Bonchev–Trinajstić information content (AvgIpc) is 3.15. The van der Waals surface area contributed by atoms with E-state index < -0.39 is 15.9 Å². The first kappa shape index (κ1) is 23.9. The summed E-state index contributed by atoms with van der Waals surface area (Å²) in [7, 11) is -3.70. The molecular formula is C23H26ClN3O4S2. The predicted molar refractivity (Wildman–Crippen MR) is 130 cm³/mol. The van der Waals surface area contributed by atoms with Crippen molar-refractivity contribution in [3.63, 3.8) is 0 Å². The Morgan fingerprint density at radius 3 is 2.67 bits per heavy atom. The van der Waals surface area contributed by atoms with Crippen LogP contribution in [0.1, 0.15) is 26.7 Å². The molecule has 3 aromatic rings. The van der Waals surface area contributed by atoms with Crippen molar-refractivity contribution in [3.8, 4) is 5.75 Å². The number of carbonyl (C=O) groups excluding carboxylic acids is 1. The zero-order chi connectivity index (χ0) is 23.6. The molecule has 0 radical (unpaired) electrons. The fourth-order valence-electron chi connectivity index (χ4n) is 4.00. The van der Waals surface area contributed by atoms with Crippen molar-refractivity contribution >= 4 is 49.1 Å². The lowest BCUT2D eigenvalue weighted by Gasteiger charge is -2.30. The molecule has 0 N–H and O–H groups in total. The molecule has 176 valence electrons. The zero-order valence-electron chi connectivity index (χ0n) is 18.5. The van der Waals surface area contributed by atoms with Crippen molar-refractivity contribution in [3.05, 3.63) is 52.3 Å². The molecule has 0 saturated carbocycles. The number of aromatic nitrogens is 1. The lowest BCUT2D eigenvalue weighted by atomic mass is 9.99. The summed E-state index contributed by atoms with van der Waals surface area (Å²) in [6.07, 6.45) is 1.22. The number of sulfonamides is 1. The van der Waals surface area contributed by atoms with E-state index in [-0.39, 0.29) is 17.3 Å². The van der Waals surface area contributed by atoms with Crippen LogP contribution in [0.2, 0.25) is 5.02 Å². The van der Waals surface area contributed by atoms with Gasteiger partial charge in [-0.3, -0.25) is 4.79 Å². The van der Waals surface area contributed by atoms with Crippen molar-refractivity contribution in [2.24, 2.45) is 10.9 Å². The molecule has 1 aliphatic heterocycles. The van der Waals surface area contributed by atoms with Crippen molar-refractivity contribution in [2.75, 3.05) is 19.7 Å². The molecule has 0 bridgehead atoms. The number of halogens is 1. The first-order chi connectivity index (χ1) is 15.8. The highest BCUT2D eigenvalue weighted by atomic mass is 35.5. The van der Waals surface area contributed by atoms with Crippen molar-refractivity contribution in [1.29, 1.82) is 0 Å². The largest absolute Gasteiger partial charge is 0.494 e. The smallest absolute Gasteiger partial charge is 0.252 e. The van der Waals surface area contributed by atoms with E-state index in [4.69, 9.17) is 16.3 Å². The maximum absolute atomic E-state index is 13.1. The fraction of sp³-hybridized carbons (Fsp3) is 0.391. The van der Waals surface area contributed by atoms with Gasteiger partial charge < -0.3 is 9.30 Å². The third kappa shape index (κ3) is 5.01. The van der Waals surface area contributed by atoms with Crippen LogP contribution in [0.3, 0.4) is 0 Å². The lowest BCUT2D eigenvalue weighted by molar-refractivity contribution is -0.122. The summed E-state index contributed by atoms with van der Waals surface area (Å²) in [6.45, 7) is 5.70. The summed E-state index contributed by atoms with van der Waals surface area (Å²) in [4.78, 5) is 18.3. The monoisotopic (exact) mass is 507 g/mol. The molecule has 1 saturated heterocycles. The summed E-state index contributed by atoms with van der Waals surface area (Å²) in [5, 5.41) is 0.473. The molecule has 1 amide bonds. The van der Waals surface area contributed by atoms with Crippen LogP contribution < -0.4 is 9.54 Å². The van der Waals surface area contributed by atoms with Gasteiger partial charge in [-0.15, -0.1) is 0 Å². The van der Waals surface area contributed by atoms with Crippen molar-refractivity contribution in [1.82, 2.24) is 8.87 Å². The molecule has 1 aromatic heterocycles. The Labute approximate surface area is 202 Å². The maximum atomic E-state index is 13.1. The highest BCUT2D eigenvalue weighted by Gasteiger charge is 2.33. The molecule has 0 aliphatic carbocycles. The Morgan fingerprint density at radius 2 is 1.97 bits per heavy atom. The maximum Gasteiger partial charge on any atom is 0.252 e. The Balaban J connectivity index is 1.60. The average molecular weight is 508 g/mol. The van der Waals surface area contributed by atoms with E-state index in [9.17, 15) is 13.2 Å². The topological polar surface area (TPSA) is 81.0 Å². The molecule has 2 heterocycles. The van der Waals surface area contributed by atoms with Gasteiger partial charge >= 0.3 is 0 Å². The first-order valence-corrected chi connectivity index (χ1v) is 13.6. The molecule has 0 spiro atoms. The minimum absolute atomic E-state index is 0.124. The molecule has 4 rings (SSSR count). The number of piperidine rings is 1. The highest BCUT2D eigenvalue weighted by Crippen LogP contribution is 2.26. The van der Waals surface area contributed by atoms with Crippen molar-refractivity contribution < 1.29 is 17.9 Å². The lowest BCUT2D eigenvalue weighted by Crippen LogP contribution is -2.42. The summed E-state index contributed by atoms with van der Waals surface area (Å²) in [5.41, 5.74) is 0.994. The van der Waals surface area contributed by atoms with Gasteiger partial charge in [0.05, 0.1) is 27.6 Å². The van der Waals surface area contributed by atoms with E-state index >= 15 is 0 Å². The number of benzene rings is 2. The van der Waals surface area contributed by atoms with Crippen LogP contribution in [0.15, 0.2) is 52.4 Å². The number of rotatable bonds is 6. The van der Waals surface area contributed by atoms with Gasteiger partial charge in [-0.05, 0) is 69.2 Å². The Hall–Kier alpha value is -2.20. The van der Waals surface area contributed by atoms with E-state index in [1.807, 2.05) is 36.6 Å². The molecule has 2 aromatic carbocycles. The minimum atomic E-state index is -3.70. The van der Waals surface area contributed by atoms with E-state index in [2.05, 4.69) is 4.99 Å². The van der Waals surface area contributed by atoms with E-state index in [1.54, 1.807) is 12.1 Å². The number of thiazole rings is 1. The van der Waals surface area contributed by atoms with E-state index in [0.29, 0.717) is 42.4 Å². The highest BCUT2D eigenvalue weighted by molar-refractivity contribution is 7.89. The van der Waals surface area contributed by atoms with Gasteiger partial charge in [0.1, 0.15) is 5.75 Å². The van der Waals surface area contributed by atoms with Gasteiger partial charge in [0.2, 0.25) is 10.0 Å². The second kappa shape index (κ2) is 9.97. The van der Waals surface area contributed by atoms with E-state index in [1.165, 1.54) is 27.8 Å². The van der Waals surface area contributed by atoms with Crippen LogP contribution in [0.4, 0.5) is 0 Å². The standard InChI is InChI=1S/C23H26ClN3O4S2/c1-3-27-20-12-9-18(31-4-2)14-21(20)32-23(27)25-22(28)16-6-5-13-26(15-16)33(29,30)19-10-7-17(24)8-11-19/h7-12,14,16H,3-6,13,15H2,1-2H3. The summed E-state index contributed by atoms with van der Waals surface area (Å²) in [5.74, 6) is 0.0165. The fourth-order valence-corrected chi connectivity index (χ4v) is 6.78. The Kier molecular flexibility index (Phi) is 7.23. The quantitative estimate of drug-likeness (QED) is 0.498. The van der Waals surface area contributed by atoms with Gasteiger partial charge in [-0.1, -0.05) is 22.9 Å². The van der Waals surface area contributed by atoms with Crippen LogP contribution >= 0.6 is 22.9 Å². The van der Waals surface area contributed by atoms with Gasteiger partial charge in [-0.25, -0.2) is 8.42 Å². The summed E-state index contributed by atoms with van der Waals surface area (Å²) in [6, 6.07) is 11.9. The number of hydrogen-bond acceptors (Lipinski definition) is 5. The first-order valence-electron chi connectivity index (χ1n) is 10.9. The SMILES string of the molecule is CCOc1ccc2c(c1)sc(=NC(=O)C1CCCN(S(=O)(=O)c3ccc(Cl)cc3)C1)n2CC. The summed E-state index contributed by atoms with van der Waals surface area (Å²) >= 11 is 7.33. The molecule has 1 aliphatic rings. The van der Waals surface area contributed by atoms with Crippen LogP contribution in [0.5, 0.6) is 5.75 Å². The third-order valence-electron chi connectivity index (χ3n) is 5.67. The van der Waals surface area contributed by atoms with Gasteiger partial charge in [0, 0.05) is 24.7 Å². The van der Waals surface area contributed by atoms with Gasteiger partial charge in [0.25, 0.3) is 5.91 Å². The second-order valence-electron chi connectivity index (χ2n) is 7.80. The van der Waals surface area contributed by atoms with Crippen LogP contribution in [0.25, 0.3) is 10.2 Å². The number of hydrogen-bond donors (Lipinski definition) is 0. The van der Waals surface area contributed by atoms with E-state index in [0.717, 1.165) is 16.0 Å². The zero-order valence-corrected chi connectivity index (χ0v) is 20.9. The Bertz CT molecular complexity index is 1330. The molecule has 1 fully saturated rings. The second-order valence-corrected chi connectivity index (χ2v) is 11.2. The molecule has 1 unspecified atom stereocenters. The predicted octanol–water partition coefficient (Wildman–Crippen LogP) is 4.30. The normalized spacial score (nSPS) is 18.0. The van der Waals surface area contributed by atoms with Gasteiger partial charge in [0.15, 0.2) is 4.80 Å². The molecule has 10 heteroatoms. The number of fused-ring (bicyclic) bond motifs is 1. The number of nitrogens with zero attached hydrogens (tertiary/aromatic N) is 3. The number of ether oxygens (including phenoxy) is 1. The number of carbonyl (C=O) groups is 1. The molecular weight excluding hydrogens is 482 g/mol. The molecule has 33 heavy (non-hydrogen) atoms. The van der Waals surface area contributed by atoms with Gasteiger partial charge in [-0.2, -0.15) is 9.30 Å². The Morgan fingerprint density at radius 1 is 1.21 bits per heavy atom. The van der Waals surface area contributed by atoms with Crippen LogP contribution in [0, 0.1) is 5.92 Å². The minimum Gasteiger partial charge on any atom is -0.494 e. The third-order valence-corrected chi connectivity index (χ3v) is 8.84. The number of aryl methyl sites for hydroxylation is 1. The summed E-state index contributed by atoms with van der Waals surface area (Å²) < 4.78 is 36.1. The molecule has 1 atom stereocenters.